The molecule has 0 aliphatic carbocycles. The smallest absolute Gasteiger partial charge is 0.233 e. The van der Waals surface area contributed by atoms with Gasteiger partial charge in [-0.05, 0) is 54.8 Å². The van der Waals surface area contributed by atoms with Crippen molar-refractivity contribution in [3.8, 4) is 5.75 Å². The van der Waals surface area contributed by atoms with Gasteiger partial charge in [-0.1, -0.05) is 47.2 Å². The lowest BCUT2D eigenvalue weighted by atomic mass is 10.0. The van der Waals surface area contributed by atoms with Crippen molar-refractivity contribution in [3.63, 3.8) is 0 Å². The van der Waals surface area contributed by atoms with Gasteiger partial charge in [0.15, 0.2) is 5.13 Å². The summed E-state index contributed by atoms with van der Waals surface area (Å²) in [6.45, 7) is 4.44. The Kier molecular flexibility index (Phi) is 6.20. The van der Waals surface area contributed by atoms with Gasteiger partial charge in [0.2, 0.25) is 5.91 Å². The summed E-state index contributed by atoms with van der Waals surface area (Å²) in [4.78, 5) is 24.2. The van der Waals surface area contributed by atoms with Crippen molar-refractivity contribution in [1.82, 2.24) is 9.97 Å². The number of hydrogen-bond donors (Lipinski definition) is 0. The van der Waals surface area contributed by atoms with Crippen molar-refractivity contribution in [2.24, 2.45) is 0 Å². The summed E-state index contributed by atoms with van der Waals surface area (Å²) in [5, 5.41) is 1.15. The Morgan fingerprint density at radius 2 is 1.97 bits per heavy atom. The molecule has 158 valence electrons. The number of aromatic nitrogens is 2. The third kappa shape index (κ3) is 4.55. The number of halogens is 1. The van der Waals surface area contributed by atoms with Gasteiger partial charge in [-0.25, -0.2) is 4.98 Å². The summed E-state index contributed by atoms with van der Waals surface area (Å²) >= 11 is 7.78. The van der Waals surface area contributed by atoms with Gasteiger partial charge in [-0.3, -0.25) is 14.7 Å². The molecular weight excluding hydrogens is 430 g/mol. The van der Waals surface area contributed by atoms with Crippen LogP contribution in [0.3, 0.4) is 0 Å². The molecule has 1 amide bonds. The highest BCUT2D eigenvalue weighted by molar-refractivity contribution is 7.23. The molecule has 0 spiro atoms. The van der Waals surface area contributed by atoms with Gasteiger partial charge in [0.1, 0.15) is 11.3 Å². The van der Waals surface area contributed by atoms with E-state index >= 15 is 0 Å². The van der Waals surface area contributed by atoms with Crippen LogP contribution in [0.25, 0.3) is 10.2 Å². The minimum Gasteiger partial charge on any atom is -0.494 e. The van der Waals surface area contributed by atoms with Crippen molar-refractivity contribution < 1.29 is 9.53 Å². The van der Waals surface area contributed by atoms with Gasteiger partial charge in [0.05, 0.1) is 35.5 Å². The average Bonchev–Trinajstić information content (AvgIpc) is 3.21. The maximum absolute atomic E-state index is 13.4. The molecule has 0 aliphatic rings. The molecule has 0 aliphatic heterocycles. The molecule has 0 fully saturated rings. The number of pyridine rings is 1. The van der Waals surface area contributed by atoms with E-state index in [9.17, 15) is 4.79 Å². The SMILES string of the molecule is COc1ccc(Cl)c2sc(N(Cc3ccccn3)C(=O)Cc3ccc(C)c(C)c3)nc12. The maximum Gasteiger partial charge on any atom is 0.233 e. The molecule has 0 radical (unpaired) electrons. The number of fused-ring (bicyclic) bond motifs is 1. The van der Waals surface area contributed by atoms with Gasteiger partial charge < -0.3 is 4.74 Å². The van der Waals surface area contributed by atoms with E-state index < -0.39 is 0 Å². The number of hydrogen-bond acceptors (Lipinski definition) is 5. The standard InChI is InChI=1S/C24H22ClN3O2S/c1-15-7-8-17(12-16(15)2)13-21(29)28(14-18-6-4-5-11-26-18)24-27-22-20(30-3)10-9-19(25)23(22)31-24/h4-12H,13-14H2,1-3H3. The van der Waals surface area contributed by atoms with Crippen molar-refractivity contribution >= 4 is 44.2 Å². The van der Waals surface area contributed by atoms with E-state index in [4.69, 9.17) is 21.3 Å². The van der Waals surface area contributed by atoms with E-state index in [0.29, 0.717) is 28.0 Å². The van der Waals surface area contributed by atoms with Crippen LogP contribution in [-0.4, -0.2) is 23.0 Å². The zero-order valence-corrected chi connectivity index (χ0v) is 19.1. The molecule has 7 heteroatoms. The van der Waals surface area contributed by atoms with Crippen LogP contribution < -0.4 is 9.64 Å². The Balaban J connectivity index is 1.73. The predicted molar refractivity (Wildman–Crippen MR) is 126 cm³/mol. The van der Waals surface area contributed by atoms with E-state index in [1.54, 1.807) is 30.3 Å². The molecule has 0 unspecified atom stereocenters. The first-order chi connectivity index (χ1) is 15.0. The second kappa shape index (κ2) is 9.04. The number of aryl methyl sites for hydroxylation is 2. The third-order valence-corrected chi connectivity index (χ3v) is 6.71. The molecule has 0 atom stereocenters. The Labute approximate surface area is 190 Å². The molecular formula is C24H22ClN3O2S. The number of ether oxygens (including phenoxy) is 1. The van der Waals surface area contributed by atoms with E-state index in [1.165, 1.54) is 16.9 Å². The number of anilines is 1. The molecule has 0 N–H and O–H groups in total. The van der Waals surface area contributed by atoms with Crippen LogP contribution in [0.4, 0.5) is 5.13 Å². The van der Waals surface area contributed by atoms with Crippen LogP contribution in [-0.2, 0) is 17.8 Å². The Morgan fingerprint density at radius 3 is 2.68 bits per heavy atom. The molecule has 2 heterocycles. The number of amides is 1. The molecule has 2 aromatic heterocycles. The fourth-order valence-electron chi connectivity index (χ4n) is 3.32. The van der Waals surface area contributed by atoms with Gasteiger partial charge in [-0.2, -0.15) is 0 Å². The first-order valence-electron chi connectivity index (χ1n) is 9.85. The number of carbonyl (C=O) groups excluding carboxylic acids is 1. The van der Waals surface area contributed by atoms with Crippen LogP contribution >= 0.6 is 22.9 Å². The highest BCUT2D eigenvalue weighted by atomic mass is 35.5. The molecule has 4 aromatic rings. The van der Waals surface area contributed by atoms with Crippen molar-refractivity contribution in [3.05, 3.63) is 82.1 Å². The number of nitrogens with zero attached hydrogens (tertiary/aromatic N) is 3. The second-order valence-electron chi connectivity index (χ2n) is 7.32. The molecule has 31 heavy (non-hydrogen) atoms. The first kappa shape index (κ1) is 21.3. The zero-order chi connectivity index (χ0) is 22.0. The summed E-state index contributed by atoms with van der Waals surface area (Å²) in [5.41, 5.74) is 4.77. The van der Waals surface area contributed by atoms with E-state index in [2.05, 4.69) is 24.9 Å². The predicted octanol–water partition coefficient (Wildman–Crippen LogP) is 5.75. The maximum atomic E-state index is 13.4. The topological polar surface area (TPSA) is 55.3 Å². The van der Waals surface area contributed by atoms with Crippen LogP contribution in [0.5, 0.6) is 5.75 Å². The van der Waals surface area contributed by atoms with Crippen molar-refractivity contribution in [2.45, 2.75) is 26.8 Å². The summed E-state index contributed by atoms with van der Waals surface area (Å²) in [6.07, 6.45) is 1.99. The zero-order valence-electron chi connectivity index (χ0n) is 17.6. The minimum atomic E-state index is -0.0527. The fourth-order valence-corrected chi connectivity index (χ4v) is 4.59. The highest BCUT2D eigenvalue weighted by Gasteiger charge is 2.23. The number of methoxy groups -OCH3 is 1. The third-order valence-electron chi connectivity index (χ3n) is 5.17. The number of rotatable bonds is 6. The van der Waals surface area contributed by atoms with Gasteiger partial charge in [-0.15, -0.1) is 0 Å². The Bertz CT molecular complexity index is 1240. The minimum absolute atomic E-state index is 0.0527. The lowest BCUT2D eigenvalue weighted by molar-refractivity contribution is -0.118. The van der Waals surface area contributed by atoms with Crippen LogP contribution in [0.15, 0.2) is 54.7 Å². The van der Waals surface area contributed by atoms with Gasteiger partial charge >= 0.3 is 0 Å². The van der Waals surface area contributed by atoms with Crippen LogP contribution in [0.2, 0.25) is 5.02 Å². The Hall–Kier alpha value is -2.96. The van der Waals surface area contributed by atoms with Gasteiger partial charge in [0.25, 0.3) is 0 Å². The Morgan fingerprint density at radius 1 is 1.13 bits per heavy atom. The summed E-state index contributed by atoms with van der Waals surface area (Å²) < 4.78 is 6.24. The monoisotopic (exact) mass is 451 g/mol. The van der Waals surface area contributed by atoms with Crippen molar-refractivity contribution in [1.29, 1.82) is 0 Å². The highest BCUT2D eigenvalue weighted by Crippen LogP contribution is 2.39. The van der Waals surface area contributed by atoms with E-state index in [1.807, 2.05) is 30.3 Å². The van der Waals surface area contributed by atoms with Crippen molar-refractivity contribution in [2.75, 3.05) is 12.0 Å². The quantitative estimate of drug-likeness (QED) is 0.374. The molecule has 4 rings (SSSR count). The number of carbonyl (C=O) groups is 1. The van der Waals surface area contributed by atoms with Crippen LogP contribution in [0, 0.1) is 13.8 Å². The van der Waals surface area contributed by atoms with Crippen LogP contribution in [0.1, 0.15) is 22.4 Å². The molecule has 0 bridgehead atoms. The molecule has 0 saturated heterocycles. The normalized spacial score (nSPS) is 11.0. The van der Waals surface area contributed by atoms with E-state index in [-0.39, 0.29) is 12.3 Å². The lowest BCUT2D eigenvalue weighted by Crippen LogP contribution is -2.32. The van der Waals surface area contributed by atoms with Gasteiger partial charge in [0, 0.05) is 6.20 Å². The molecule has 2 aromatic carbocycles. The first-order valence-corrected chi connectivity index (χ1v) is 11.0. The molecule has 0 saturated carbocycles. The molecule has 5 nitrogen and oxygen atoms in total. The number of thiazole rings is 1. The largest absolute Gasteiger partial charge is 0.494 e. The lowest BCUT2D eigenvalue weighted by Gasteiger charge is -2.20. The summed E-state index contributed by atoms with van der Waals surface area (Å²) in [7, 11) is 1.60. The second-order valence-corrected chi connectivity index (χ2v) is 8.70. The fraction of sp³-hybridized carbons (Fsp3) is 0.208. The average molecular weight is 452 g/mol. The number of benzene rings is 2. The summed E-state index contributed by atoms with van der Waals surface area (Å²) in [6, 6.07) is 15.3. The summed E-state index contributed by atoms with van der Waals surface area (Å²) in [5.74, 6) is 0.573. The van der Waals surface area contributed by atoms with E-state index in [0.717, 1.165) is 21.5 Å².